The van der Waals surface area contributed by atoms with E-state index in [9.17, 15) is 4.89 Å². The molecule has 2 rings (SSSR count). The van der Waals surface area contributed by atoms with Gasteiger partial charge in [0.25, 0.3) is 0 Å². The monoisotopic (exact) mass is 276 g/mol. The number of aryl methyl sites for hydroxylation is 1. The molecule has 0 aliphatic rings. The lowest BCUT2D eigenvalue weighted by Crippen LogP contribution is -1.95. The van der Waals surface area contributed by atoms with Gasteiger partial charge in [0.1, 0.15) is 0 Å². The maximum Gasteiger partial charge on any atom is 0.0710 e. The SMILES string of the molecule is OPSC(CCc1ccccc1)c1ccccc1. The van der Waals surface area contributed by atoms with Crippen LogP contribution >= 0.6 is 19.4 Å². The molecule has 1 N–H and O–H groups in total. The molecule has 0 aliphatic heterocycles. The first-order chi connectivity index (χ1) is 8.90. The van der Waals surface area contributed by atoms with Gasteiger partial charge in [0, 0.05) is 5.25 Å². The molecule has 0 heterocycles. The molecule has 2 unspecified atom stereocenters. The molecule has 0 amide bonds. The van der Waals surface area contributed by atoms with Crippen LogP contribution in [0.3, 0.4) is 0 Å². The molecule has 0 aromatic heterocycles. The van der Waals surface area contributed by atoms with Crippen LogP contribution in [0.1, 0.15) is 22.8 Å². The van der Waals surface area contributed by atoms with E-state index in [0.717, 1.165) is 12.8 Å². The molecule has 18 heavy (non-hydrogen) atoms. The fourth-order valence-corrected chi connectivity index (χ4v) is 3.77. The molecule has 0 fully saturated rings. The van der Waals surface area contributed by atoms with Crippen LogP contribution in [-0.4, -0.2) is 4.89 Å². The van der Waals surface area contributed by atoms with E-state index in [1.54, 1.807) is 11.4 Å². The quantitative estimate of drug-likeness (QED) is 0.778. The molecule has 0 radical (unpaired) electrons. The predicted molar refractivity (Wildman–Crippen MR) is 82.1 cm³/mol. The highest BCUT2D eigenvalue weighted by Crippen LogP contribution is 2.42. The molecular formula is C15H17OPS. The van der Waals surface area contributed by atoms with E-state index in [-0.39, 0.29) is 8.01 Å². The first-order valence-corrected chi connectivity index (χ1v) is 8.59. The molecule has 94 valence electrons. The van der Waals surface area contributed by atoms with Crippen molar-refractivity contribution in [3.63, 3.8) is 0 Å². The number of rotatable bonds is 6. The number of benzene rings is 2. The van der Waals surface area contributed by atoms with Gasteiger partial charge < -0.3 is 4.89 Å². The van der Waals surface area contributed by atoms with Crippen LogP contribution in [0.15, 0.2) is 60.7 Å². The van der Waals surface area contributed by atoms with Crippen LogP contribution in [0, 0.1) is 0 Å². The van der Waals surface area contributed by atoms with E-state index in [2.05, 4.69) is 48.5 Å². The summed E-state index contributed by atoms with van der Waals surface area (Å²) in [6.45, 7) is 0. The Balaban J connectivity index is 1.99. The van der Waals surface area contributed by atoms with Crippen LogP contribution in [0.5, 0.6) is 0 Å². The fourth-order valence-electron chi connectivity index (χ4n) is 1.97. The minimum absolute atomic E-state index is 0.0522. The zero-order valence-corrected chi connectivity index (χ0v) is 11.9. The average Bonchev–Trinajstić information content (AvgIpc) is 2.45. The highest BCUT2D eigenvalue weighted by Gasteiger charge is 2.11. The van der Waals surface area contributed by atoms with Crippen LogP contribution in [0.25, 0.3) is 0 Å². The summed E-state index contributed by atoms with van der Waals surface area (Å²) in [5.74, 6) is 0. The van der Waals surface area contributed by atoms with Crippen molar-refractivity contribution in [2.75, 3.05) is 0 Å². The highest BCUT2D eigenvalue weighted by atomic mass is 32.7. The van der Waals surface area contributed by atoms with Gasteiger partial charge in [-0.25, -0.2) is 0 Å². The van der Waals surface area contributed by atoms with Crippen LogP contribution < -0.4 is 0 Å². The summed E-state index contributed by atoms with van der Waals surface area (Å²) in [5, 5.41) is 0.384. The fraction of sp³-hybridized carbons (Fsp3) is 0.200. The first-order valence-electron chi connectivity index (χ1n) is 6.04. The third kappa shape index (κ3) is 4.13. The Morgan fingerprint density at radius 3 is 2.17 bits per heavy atom. The Bertz CT molecular complexity index is 447. The second-order valence-electron chi connectivity index (χ2n) is 4.13. The van der Waals surface area contributed by atoms with Gasteiger partial charge >= 0.3 is 0 Å². The van der Waals surface area contributed by atoms with Crippen LogP contribution in [0.2, 0.25) is 0 Å². The summed E-state index contributed by atoms with van der Waals surface area (Å²) in [5.41, 5.74) is 2.67. The van der Waals surface area contributed by atoms with Gasteiger partial charge in [-0.05, 0) is 24.0 Å². The van der Waals surface area contributed by atoms with E-state index in [0.29, 0.717) is 5.25 Å². The largest absolute Gasteiger partial charge is 0.366 e. The normalized spacial score (nSPS) is 12.9. The summed E-state index contributed by atoms with van der Waals surface area (Å²) < 4.78 is 0. The van der Waals surface area contributed by atoms with Crippen molar-refractivity contribution in [2.24, 2.45) is 0 Å². The maximum absolute atomic E-state index is 9.19. The Kier molecular flexibility index (Phi) is 5.73. The Hall–Kier alpha value is -0.820. The molecule has 2 aromatic rings. The van der Waals surface area contributed by atoms with Crippen molar-refractivity contribution in [3.05, 3.63) is 71.8 Å². The van der Waals surface area contributed by atoms with Gasteiger partial charge in [-0.2, -0.15) is 0 Å². The number of hydrogen-bond acceptors (Lipinski definition) is 2. The van der Waals surface area contributed by atoms with E-state index >= 15 is 0 Å². The van der Waals surface area contributed by atoms with Gasteiger partial charge in [0.05, 0.1) is 8.01 Å². The smallest absolute Gasteiger partial charge is 0.0710 e. The summed E-state index contributed by atoms with van der Waals surface area (Å²) in [6.07, 6.45) is 2.12. The average molecular weight is 276 g/mol. The molecule has 3 heteroatoms. The van der Waals surface area contributed by atoms with E-state index < -0.39 is 0 Å². The standard InChI is InChI=1S/C15H17OPS/c16-17-18-15(14-9-5-2-6-10-14)12-11-13-7-3-1-4-8-13/h1-10,15-17H,11-12H2. The lowest BCUT2D eigenvalue weighted by Gasteiger charge is -2.15. The van der Waals surface area contributed by atoms with Gasteiger partial charge in [0.2, 0.25) is 0 Å². The molecule has 1 nitrogen and oxygen atoms in total. The minimum atomic E-state index is -0.0522. The van der Waals surface area contributed by atoms with Gasteiger partial charge in [0.15, 0.2) is 0 Å². The second kappa shape index (κ2) is 7.58. The van der Waals surface area contributed by atoms with Crippen LogP contribution in [0.4, 0.5) is 0 Å². The second-order valence-corrected chi connectivity index (χ2v) is 6.37. The van der Waals surface area contributed by atoms with Crippen molar-refractivity contribution >= 4 is 19.4 Å². The Morgan fingerprint density at radius 1 is 0.944 bits per heavy atom. The van der Waals surface area contributed by atoms with Gasteiger partial charge in [-0.3, -0.25) is 0 Å². The molecule has 0 saturated carbocycles. The topological polar surface area (TPSA) is 20.2 Å². The first kappa shape index (κ1) is 13.6. The molecule has 2 atom stereocenters. The van der Waals surface area contributed by atoms with E-state index in [4.69, 9.17) is 0 Å². The van der Waals surface area contributed by atoms with Crippen molar-refractivity contribution in [1.29, 1.82) is 0 Å². The summed E-state index contributed by atoms with van der Waals surface area (Å²) in [6, 6.07) is 21.0. The zero-order chi connectivity index (χ0) is 12.6. The van der Waals surface area contributed by atoms with Gasteiger partial charge in [-0.15, -0.1) is 11.4 Å². The summed E-state index contributed by atoms with van der Waals surface area (Å²) in [4.78, 5) is 9.19. The highest BCUT2D eigenvalue weighted by molar-refractivity contribution is 8.48. The lowest BCUT2D eigenvalue weighted by molar-refractivity contribution is 0.659. The minimum Gasteiger partial charge on any atom is -0.366 e. The lowest BCUT2D eigenvalue weighted by atomic mass is 10.0. The van der Waals surface area contributed by atoms with Crippen molar-refractivity contribution in [1.82, 2.24) is 0 Å². The molecule has 0 aliphatic carbocycles. The Morgan fingerprint density at radius 2 is 1.56 bits per heavy atom. The third-order valence-corrected chi connectivity index (χ3v) is 4.97. The van der Waals surface area contributed by atoms with E-state index in [1.807, 2.05) is 12.1 Å². The molecule has 0 saturated heterocycles. The Labute approximate surface area is 114 Å². The third-order valence-electron chi connectivity index (χ3n) is 2.90. The van der Waals surface area contributed by atoms with Crippen LogP contribution in [-0.2, 0) is 6.42 Å². The van der Waals surface area contributed by atoms with Gasteiger partial charge in [-0.1, -0.05) is 60.7 Å². The summed E-state index contributed by atoms with van der Waals surface area (Å²) >= 11 is 1.63. The molecule has 2 aromatic carbocycles. The van der Waals surface area contributed by atoms with Crippen molar-refractivity contribution in [2.45, 2.75) is 18.1 Å². The zero-order valence-electron chi connectivity index (χ0n) is 10.1. The number of hydrogen-bond donors (Lipinski definition) is 1. The maximum atomic E-state index is 9.19. The van der Waals surface area contributed by atoms with Crippen molar-refractivity contribution in [3.8, 4) is 0 Å². The van der Waals surface area contributed by atoms with Crippen molar-refractivity contribution < 1.29 is 4.89 Å². The molecule has 0 bridgehead atoms. The summed E-state index contributed by atoms with van der Waals surface area (Å²) in [7, 11) is -0.0522. The molecular weight excluding hydrogens is 259 g/mol. The van der Waals surface area contributed by atoms with E-state index in [1.165, 1.54) is 11.1 Å². The predicted octanol–water partition coefficient (Wildman–Crippen LogP) is 4.59. The molecule has 0 spiro atoms.